The molecule has 2 aromatic carbocycles. The number of aryl methyl sites for hydroxylation is 1. The predicted molar refractivity (Wildman–Crippen MR) is 106 cm³/mol. The summed E-state index contributed by atoms with van der Waals surface area (Å²) in [6, 6.07) is 13.3. The zero-order valence-electron chi connectivity index (χ0n) is 15.1. The molecule has 136 valence electrons. The molecule has 2 heterocycles. The van der Waals surface area contributed by atoms with Gasteiger partial charge in [0.2, 0.25) is 4.96 Å². The zero-order chi connectivity index (χ0) is 19.0. The lowest BCUT2D eigenvalue weighted by Gasteiger charge is -2.06. The van der Waals surface area contributed by atoms with Crippen LogP contribution in [0, 0.1) is 6.92 Å². The molecule has 0 unspecified atom stereocenters. The van der Waals surface area contributed by atoms with Crippen molar-refractivity contribution >= 4 is 22.4 Å². The van der Waals surface area contributed by atoms with Crippen molar-refractivity contribution < 1.29 is 9.47 Å². The largest absolute Gasteiger partial charge is 0.497 e. The fourth-order valence-electron chi connectivity index (χ4n) is 2.87. The van der Waals surface area contributed by atoms with E-state index < -0.39 is 0 Å². The second-order valence-corrected chi connectivity index (χ2v) is 6.98. The smallest absolute Gasteiger partial charge is 0.291 e. The molecule has 0 aliphatic rings. The number of hydrogen-bond donors (Lipinski definition) is 0. The van der Waals surface area contributed by atoms with Crippen LogP contribution in [0.25, 0.3) is 22.4 Å². The lowest BCUT2D eigenvalue weighted by atomic mass is 10.1. The first-order chi connectivity index (χ1) is 13.1. The van der Waals surface area contributed by atoms with Gasteiger partial charge in [0.15, 0.2) is 5.82 Å². The molecule has 4 aromatic rings. The van der Waals surface area contributed by atoms with Crippen molar-refractivity contribution in [1.29, 1.82) is 0 Å². The highest BCUT2D eigenvalue weighted by Crippen LogP contribution is 2.25. The molecule has 6 nitrogen and oxygen atoms in total. The van der Waals surface area contributed by atoms with Crippen LogP contribution in [0.1, 0.15) is 11.1 Å². The Morgan fingerprint density at radius 3 is 2.63 bits per heavy atom. The third-order valence-corrected chi connectivity index (χ3v) is 5.25. The maximum atomic E-state index is 12.8. The number of methoxy groups -OCH3 is 2. The van der Waals surface area contributed by atoms with E-state index in [0.29, 0.717) is 26.8 Å². The summed E-state index contributed by atoms with van der Waals surface area (Å²) in [5.74, 6) is 1.91. The Balaban J connectivity index is 1.85. The van der Waals surface area contributed by atoms with Gasteiger partial charge in [-0.2, -0.15) is 9.50 Å². The Labute approximate surface area is 159 Å². The molecular weight excluding hydrogens is 362 g/mol. The van der Waals surface area contributed by atoms with Gasteiger partial charge in [-0.1, -0.05) is 35.6 Å². The van der Waals surface area contributed by atoms with Crippen LogP contribution < -0.4 is 19.6 Å². The minimum Gasteiger partial charge on any atom is -0.497 e. The van der Waals surface area contributed by atoms with E-state index in [1.54, 1.807) is 20.3 Å². The van der Waals surface area contributed by atoms with Crippen molar-refractivity contribution in [2.75, 3.05) is 14.2 Å². The highest BCUT2D eigenvalue weighted by atomic mass is 32.1. The van der Waals surface area contributed by atoms with Crippen LogP contribution in [0.4, 0.5) is 0 Å². The topological polar surface area (TPSA) is 65.7 Å². The summed E-state index contributed by atoms with van der Waals surface area (Å²) >= 11 is 1.30. The standard InChI is InChI=1S/C20H17N3O3S/c1-12-6-4-5-7-15(12)18-21-20-23(22-18)19(24)17(27-20)11-13-10-14(25-2)8-9-16(13)26-3/h4-11H,1-3H3/b17-11-. The zero-order valence-corrected chi connectivity index (χ0v) is 15.9. The summed E-state index contributed by atoms with van der Waals surface area (Å²) in [6.45, 7) is 2.00. The second kappa shape index (κ2) is 6.85. The first-order valence-corrected chi connectivity index (χ1v) is 9.11. The molecule has 0 bridgehead atoms. The van der Waals surface area contributed by atoms with Crippen LogP contribution >= 0.6 is 11.3 Å². The van der Waals surface area contributed by atoms with Crippen molar-refractivity contribution in [3.63, 3.8) is 0 Å². The van der Waals surface area contributed by atoms with Gasteiger partial charge in [-0.25, -0.2) is 0 Å². The van der Waals surface area contributed by atoms with Gasteiger partial charge in [0.05, 0.1) is 18.8 Å². The van der Waals surface area contributed by atoms with Crippen molar-refractivity contribution in [2.45, 2.75) is 6.92 Å². The van der Waals surface area contributed by atoms with E-state index in [0.717, 1.165) is 16.7 Å². The molecule has 0 aliphatic heterocycles. The third kappa shape index (κ3) is 3.06. The Hall–Kier alpha value is -3.19. The minimum absolute atomic E-state index is 0.202. The van der Waals surface area contributed by atoms with E-state index in [4.69, 9.17) is 9.47 Å². The second-order valence-electron chi connectivity index (χ2n) is 5.97. The number of hydrogen-bond acceptors (Lipinski definition) is 6. The summed E-state index contributed by atoms with van der Waals surface area (Å²) in [5.41, 5.74) is 2.55. The van der Waals surface area contributed by atoms with E-state index in [9.17, 15) is 4.79 Å². The first kappa shape index (κ1) is 17.2. The van der Waals surface area contributed by atoms with Gasteiger partial charge in [0.25, 0.3) is 5.56 Å². The van der Waals surface area contributed by atoms with Crippen molar-refractivity contribution in [2.24, 2.45) is 0 Å². The number of thiazole rings is 1. The summed E-state index contributed by atoms with van der Waals surface area (Å²) < 4.78 is 12.5. The third-order valence-electron chi connectivity index (χ3n) is 4.29. The van der Waals surface area contributed by atoms with Crippen LogP contribution in [0.15, 0.2) is 47.3 Å². The lowest BCUT2D eigenvalue weighted by Crippen LogP contribution is -2.23. The molecule has 0 saturated carbocycles. The highest BCUT2D eigenvalue weighted by molar-refractivity contribution is 7.15. The van der Waals surface area contributed by atoms with E-state index in [1.165, 1.54) is 15.9 Å². The lowest BCUT2D eigenvalue weighted by molar-refractivity contribution is 0.402. The Morgan fingerprint density at radius 1 is 1.11 bits per heavy atom. The van der Waals surface area contributed by atoms with E-state index in [2.05, 4.69) is 10.1 Å². The van der Waals surface area contributed by atoms with Gasteiger partial charge in [0, 0.05) is 11.1 Å². The fraction of sp³-hybridized carbons (Fsp3) is 0.150. The van der Waals surface area contributed by atoms with Gasteiger partial charge in [-0.15, -0.1) is 5.10 Å². The molecule has 0 radical (unpaired) electrons. The molecule has 0 spiro atoms. The van der Waals surface area contributed by atoms with E-state index in [-0.39, 0.29) is 5.56 Å². The molecule has 0 aliphatic carbocycles. The van der Waals surface area contributed by atoms with E-state index in [1.807, 2.05) is 49.4 Å². The average molecular weight is 379 g/mol. The molecule has 0 N–H and O–H groups in total. The van der Waals surface area contributed by atoms with Gasteiger partial charge in [0.1, 0.15) is 11.5 Å². The Morgan fingerprint density at radius 2 is 1.93 bits per heavy atom. The number of ether oxygens (including phenoxy) is 2. The van der Waals surface area contributed by atoms with Crippen LogP contribution in [0.3, 0.4) is 0 Å². The van der Waals surface area contributed by atoms with Crippen LogP contribution in [-0.4, -0.2) is 28.8 Å². The molecule has 0 atom stereocenters. The number of nitrogens with zero attached hydrogens (tertiary/aromatic N) is 3. The molecule has 27 heavy (non-hydrogen) atoms. The normalized spacial score (nSPS) is 11.9. The highest BCUT2D eigenvalue weighted by Gasteiger charge is 2.13. The average Bonchev–Trinajstić information content (AvgIpc) is 3.22. The predicted octanol–water partition coefficient (Wildman–Crippen LogP) is 2.69. The summed E-state index contributed by atoms with van der Waals surface area (Å²) in [6.07, 6.45) is 1.78. The Kier molecular flexibility index (Phi) is 4.37. The van der Waals surface area contributed by atoms with Crippen LogP contribution in [0.2, 0.25) is 0 Å². The summed E-state index contributed by atoms with van der Waals surface area (Å²) in [5, 5.41) is 4.41. The molecule has 4 rings (SSSR count). The molecule has 0 saturated heterocycles. The molecular formula is C20H17N3O3S. The van der Waals surface area contributed by atoms with Crippen molar-refractivity contribution in [3.05, 3.63) is 68.5 Å². The van der Waals surface area contributed by atoms with Gasteiger partial charge in [-0.05, 0) is 36.8 Å². The monoisotopic (exact) mass is 379 g/mol. The SMILES string of the molecule is COc1ccc(OC)c(/C=c2\sc3nc(-c4ccccc4C)nn3c2=O)c1. The number of rotatable bonds is 4. The van der Waals surface area contributed by atoms with Crippen LogP contribution in [-0.2, 0) is 0 Å². The summed E-state index contributed by atoms with van der Waals surface area (Å²) in [4.78, 5) is 17.9. The van der Waals surface area contributed by atoms with Crippen molar-refractivity contribution in [1.82, 2.24) is 14.6 Å². The molecule has 7 heteroatoms. The van der Waals surface area contributed by atoms with E-state index >= 15 is 0 Å². The fourth-order valence-corrected chi connectivity index (χ4v) is 3.76. The number of fused-ring (bicyclic) bond motifs is 1. The van der Waals surface area contributed by atoms with Gasteiger partial charge in [-0.3, -0.25) is 4.79 Å². The quantitative estimate of drug-likeness (QED) is 0.545. The summed E-state index contributed by atoms with van der Waals surface area (Å²) in [7, 11) is 3.19. The van der Waals surface area contributed by atoms with Gasteiger partial charge >= 0.3 is 0 Å². The maximum absolute atomic E-state index is 12.8. The van der Waals surface area contributed by atoms with Crippen molar-refractivity contribution in [3.8, 4) is 22.9 Å². The van der Waals surface area contributed by atoms with Crippen LogP contribution in [0.5, 0.6) is 11.5 Å². The first-order valence-electron chi connectivity index (χ1n) is 8.30. The maximum Gasteiger partial charge on any atom is 0.291 e. The minimum atomic E-state index is -0.202. The van der Waals surface area contributed by atoms with Gasteiger partial charge < -0.3 is 9.47 Å². The molecule has 2 aromatic heterocycles. The number of aromatic nitrogens is 3. The Bertz CT molecular complexity index is 1240. The molecule has 0 amide bonds. The molecule has 0 fully saturated rings. The number of benzene rings is 2.